The predicted molar refractivity (Wildman–Crippen MR) is 84.0 cm³/mol. The first-order valence-corrected chi connectivity index (χ1v) is 7.56. The lowest BCUT2D eigenvalue weighted by Crippen LogP contribution is -2.13. The molecule has 1 N–H and O–H groups in total. The van der Waals surface area contributed by atoms with E-state index in [-0.39, 0.29) is 0 Å². The molecule has 0 aliphatic heterocycles. The molecule has 0 bridgehead atoms. The van der Waals surface area contributed by atoms with Crippen molar-refractivity contribution in [1.82, 2.24) is 15.1 Å². The quantitative estimate of drug-likeness (QED) is 0.788. The molecule has 2 rings (SSSR count). The van der Waals surface area contributed by atoms with E-state index in [0.29, 0.717) is 0 Å². The standard InChI is InChI=1S/C15H20BrN3O/c1-3-6-17-8-13-9-18-19(11-13)10-12-4-5-15(20-2)14(16)7-12/h4-5,7,9,11,17H,3,6,8,10H2,1-2H3. The van der Waals surface area contributed by atoms with Crippen LogP contribution in [0.25, 0.3) is 0 Å². The van der Waals surface area contributed by atoms with Crippen LogP contribution < -0.4 is 10.1 Å². The zero-order chi connectivity index (χ0) is 14.4. The molecule has 1 aromatic heterocycles. The van der Waals surface area contributed by atoms with Crippen LogP contribution in [0.1, 0.15) is 24.5 Å². The summed E-state index contributed by atoms with van der Waals surface area (Å²) in [5, 5.41) is 7.77. The molecule has 0 spiro atoms. The normalized spacial score (nSPS) is 10.8. The first kappa shape index (κ1) is 15.1. The van der Waals surface area contributed by atoms with Gasteiger partial charge >= 0.3 is 0 Å². The lowest BCUT2D eigenvalue weighted by atomic mass is 10.2. The molecule has 1 aromatic carbocycles. The molecule has 0 aliphatic carbocycles. The first-order chi connectivity index (χ1) is 9.72. The third kappa shape index (κ3) is 4.08. The molecule has 0 fully saturated rings. The summed E-state index contributed by atoms with van der Waals surface area (Å²) in [7, 11) is 1.67. The van der Waals surface area contributed by atoms with Crippen LogP contribution in [0.2, 0.25) is 0 Å². The predicted octanol–water partition coefficient (Wildman–Crippen LogP) is 3.20. The van der Waals surface area contributed by atoms with Gasteiger partial charge in [0.15, 0.2) is 0 Å². The molecule has 1 heterocycles. The lowest BCUT2D eigenvalue weighted by Gasteiger charge is -2.06. The molecule has 20 heavy (non-hydrogen) atoms. The number of benzene rings is 1. The number of rotatable bonds is 7. The van der Waals surface area contributed by atoms with Gasteiger partial charge in [-0.25, -0.2) is 0 Å². The largest absolute Gasteiger partial charge is 0.496 e. The van der Waals surface area contributed by atoms with Crippen molar-refractivity contribution in [3.8, 4) is 5.75 Å². The van der Waals surface area contributed by atoms with Gasteiger partial charge in [-0.3, -0.25) is 4.68 Å². The van der Waals surface area contributed by atoms with Crippen molar-refractivity contribution in [2.24, 2.45) is 0 Å². The zero-order valence-electron chi connectivity index (χ0n) is 11.9. The van der Waals surface area contributed by atoms with E-state index < -0.39 is 0 Å². The highest BCUT2D eigenvalue weighted by Crippen LogP contribution is 2.25. The smallest absolute Gasteiger partial charge is 0.133 e. The second-order valence-electron chi connectivity index (χ2n) is 4.69. The topological polar surface area (TPSA) is 39.1 Å². The Labute approximate surface area is 128 Å². The number of nitrogens with one attached hydrogen (secondary N) is 1. The van der Waals surface area contributed by atoms with Gasteiger partial charge in [0.05, 0.1) is 24.3 Å². The van der Waals surface area contributed by atoms with E-state index in [1.807, 2.05) is 16.9 Å². The molecule has 0 saturated carbocycles. The van der Waals surface area contributed by atoms with Gasteiger partial charge in [0, 0.05) is 18.3 Å². The van der Waals surface area contributed by atoms with E-state index >= 15 is 0 Å². The van der Waals surface area contributed by atoms with Crippen LogP contribution in [-0.2, 0) is 13.1 Å². The SMILES string of the molecule is CCCNCc1cnn(Cc2ccc(OC)c(Br)c2)c1. The number of hydrogen-bond acceptors (Lipinski definition) is 3. The van der Waals surface area contributed by atoms with Crippen molar-refractivity contribution in [3.05, 3.63) is 46.2 Å². The second kappa shape index (κ2) is 7.45. The number of nitrogens with zero attached hydrogens (tertiary/aromatic N) is 2. The van der Waals surface area contributed by atoms with Crippen molar-refractivity contribution in [2.45, 2.75) is 26.4 Å². The number of halogens is 1. The maximum absolute atomic E-state index is 5.23. The van der Waals surface area contributed by atoms with Crippen LogP contribution in [0.15, 0.2) is 35.1 Å². The minimum absolute atomic E-state index is 0.760. The van der Waals surface area contributed by atoms with Crippen LogP contribution in [0.5, 0.6) is 5.75 Å². The number of hydrogen-bond donors (Lipinski definition) is 1. The maximum Gasteiger partial charge on any atom is 0.133 e. The van der Waals surface area contributed by atoms with E-state index in [1.165, 1.54) is 11.1 Å². The highest BCUT2D eigenvalue weighted by atomic mass is 79.9. The molecule has 0 amide bonds. The molecular formula is C15H20BrN3O. The molecule has 0 atom stereocenters. The summed E-state index contributed by atoms with van der Waals surface area (Å²) in [5.74, 6) is 0.846. The molecule has 0 unspecified atom stereocenters. The summed E-state index contributed by atoms with van der Waals surface area (Å²) < 4.78 is 8.15. The summed E-state index contributed by atoms with van der Waals surface area (Å²) in [6.45, 7) is 4.84. The first-order valence-electron chi connectivity index (χ1n) is 6.77. The van der Waals surface area contributed by atoms with Crippen molar-refractivity contribution < 1.29 is 4.74 Å². The summed E-state index contributed by atoms with van der Waals surface area (Å²) >= 11 is 3.50. The maximum atomic E-state index is 5.23. The van der Waals surface area contributed by atoms with Gasteiger partial charge < -0.3 is 10.1 Å². The summed E-state index contributed by atoms with van der Waals surface area (Å²) in [4.78, 5) is 0. The Kier molecular flexibility index (Phi) is 5.61. The summed E-state index contributed by atoms with van der Waals surface area (Å²) in [6.07, 6.45) is 5.15. The van der Waals surface area contributed by atoms with Crippen LogP contribution >= 0.6 is 15.9 Å². The third-order valence-electron chi connectivity index (χ3n) is 3.00. The van der Waals surface area contributed by atoms with Gasteiger partial charge in [-0.1, -0.05) is 13.0 Å². The Hall–Kier alpha value is -1.33. The van der Waals surface area contributed by atoms with Crippen molar-refractivity contribution in [2.75, 3.05) is 13.7 Å². The van der Waals surface area contributed by atoms with Crippen molar-refractivity contribution >= 4 is 15.9 Å². The third-order valence-corrected chi connectivity index (χ3v) is 3.62. The van der Waals surface area contributed by atoms with Crippen LogP contribution in [0.4, 0.5) is 0 Å². The number of ether oxygens (including phenoxy) is 1. The fraction of sp³-hybridized carbons (Fsp3) is 0.400. The monoisotopic (exact) mass is 337 g/mol. The van der Waals surface area contributed by atoms with Crippen LogP contribution in [-0.4, -0.2) is 23.4 Å². The Bertz CT molecular complexity index is 554. The Morgan fingerprint density at radius 2 is 2.20 bits per heavy atom. The molecule has 0 saturated heterocycles. The van der Waals surface area contributed by atoms with E-state index in [0.717, 1.165) is 36.3 Å². The Balaban J connectivity index is 1.97. The van der Waals surface area contributed by atoms with Crippen molar-refractivity contribution in [3.63, 3.8) is 0 Å². The van der Waals surface area contributed by atoms with Crippen LogP contribution in [0, 0.1) is 0 Å². The molecular weight excluding hydrogens is 318 g/mol. The van der Waals surface area contributed by atoms with Crippen LogP contribution in [0.3, 0.4) is 0 Å². The fourth-order valence-corrected chi connectivity index (χ4v) is 2.58. The number of aromatic nitrogens is 2. The van der Waals surface area contributed by atoms with Gasteiger partial charge in [0.2, 0.25) is 0 Å². The molecule has 2 aromatic rings. The molecule has 5 heteroatoms. The summed E-state index contributed by atoms with van der Waals surface area (Å²) in [6, 6.07) is 6.09. The Morgan fingerprint density at radius 1 is 1.35 bits per heavy atom. The van der Waals surface area contributed by atoms with E-state index in [1.54, 1.807) is 7.11 Å². The lowest BCUT2D eigenvalue weighted by molar-refractivity contribution is 0.412. The molecule has 108 valence electrons. The molecule has 0 aliphatic rings. The minimum Gasteiger partial charge on any atom is -0.496 e. The van der Waals surface area contributed by atoms with E-state index in [9.17, 15) is 0 Å². The molecule has 4 nitrogen and oxygen atoms in total. The average Bonchev–Trinajstić information content (AvgIpc) is 2.87. The van der Waals surface area contributed by atoms with Gasteiger partial charge in [-0.15, -0.1) is 0 Å². The average molecular weight is 338 g/mol. The number of methoxy groups -OCH3 is 1. The van der Waals surface area contributed by atoms with Gasteiger partial charge in [-0.2, -0.15) is 5.10 Å². The highest BCUT2D eigenvalue weighted by molar-refractivity contribution is 9.10. The molecule has 0 radical (unpaired) electrons. The highest BCUT2D eigenvalue weighted by Gasteiger charge is 2.03. The van der Waals surface area contributed by atoms with E-state index in [2.05, 4.69) is 51.6 Å². The summed E-state index contributed by atoms with van der Waals surface area (Å²) in [5.41, 5.74) is 2.40. The fourth-order valence-electron chi connectivity index (χ4n) is 1.99. The zero-order valence-corrected chi connectivity index (χ0v) is 13.5. The van der Waals surface area contributed by atoms with Gasteiger partial charge in [-0.05, 0) is 46.6 Å². The minimum atomic E-state index is 0.760. The van der Waals surface area contributed by atoms with Gasteiger partial charge in [0.25, 0.3) is 0 Å². The van der Waals surface area contributed by atoms with Crippen molar-refractivity contribution in [1.29, 1.82) is 0 Å². The van der Waals surface area contributed by atoms with E-state index in [4.69, 9.17) is 4.74 Å². The second-order valence-corrected chi connectivity index (χ2v) is 5.55. The Morgan fingerprint density at radius 3 is 2.90 bits per heavy atom. The van der Waals surface area contributed by atoms with Gasteiger partial charge in [0.1, 0.15) is 5.75 Å².